The maximum atomic E-state index is 12.6. The van der Waals surface area contributed by atoms with Gasteiger partial charge in [0.1, 0.15) is 23.9 Å². The number of benzene rings is 1. The van der Waals surface area contributed by atoms with E-state index in [2.05, 4.69) is 6.92 Å². The Morgan fingerprint density at radius 1 is 1.14 bits per heavy atom. The van der Waals surface area contributed by atoms with Gasteiger partial charge in [-0.3, -0.25) is 0 Å². The lowest BCUT2D eigenvalue weighted by Gasteiger charge is -2.34. The van der Waals surface area contributed by atoms with Gasteiger partial charge >= 0.3 is 5.97 Å². The van der Waals surface area contributed by atoms with Crippen molar-refractivity contribution in [2.45, 2.75) is 39.2 Å². The molecule has 1 aromatic carbocycles. The van der Waals surface area contributed by atoms with Crippen LogP contribution in [0.15, 0.2) is 70.4 Å². The second-order valence-electron chi connectivity index (χ2n) is 7.42. The van der Waals surface area contributed by atoms with Crippen molar-refractivity contribution in [1.82, 2.24) is 0 Å². The first kappa shape index (κ1) is 19.4. The second kappa shape index (κ2) is 8.19. The quantitative estimate of drug-likeness (QED) is 0.639. The molecule has 0 N–H and O–H groups in total. The maximum absolute atomic E-state index is 12.6. The highest BCUT2D eigenvalue weighted by Gasteiger charge is 2.38. The van der Waals surface area contributed by atoms with Crippen LogP contribution in [-0.2, 0) is 25.6 Å². The number of carbonyl (C=O) groups is 1. The number of carbonyl (C=O) groups excluding carboxylic acids is 1. The topological polar surface area (TPSA) is 54.0 Å². The molecular weight excluding hydrogens is 368 g/mol. The minimum atomic E-state index is -0.263. The summed E-state index contributed by atoms with van der Waals surface area (Å²) in [5.74, 6) is 2.60. The van der Waals surface area contributed by atoms with Gasteiger partial charge in [0.15, 0.2) is 5.76 Å². The summed E-state index contributed by atoms with van der Waals surface area (Å²) in [4.78, 5) is 12.6. The number of hydrogen-bond acceptors (Lipinski definition) is 5. The van der Waals surface area contributed by atoms with Crippen LogP contribution in [0.2, 0.25) is 0 Å². The van der Waals surface area contributed by atoms with Crippen LogP contribution in [0.5, 0.6) is 5.75 Å². The first-order valence-corrected chi connectivity index (χ1v) is 10.0. The Hall–Kier alpha value is -2.95. The van der Waals surface area contributed by atoms with Crippen LogP contribution in [0.25, 0.3) is 0 Å². The fourth-order valence-corrected chi connectivity index (χ4v) is 4.11. The maximum Gasteiger partial charge on any atom is 0.343 e. The molecule has 0 radical (unpaired) electrons. The number of esters is 1. The van der Waals surface area contributed by atoms with Crippen molar-refractivity contribution in [3.05, 3.63) is 76.0 Å². The average molecular weight is 394 g/mol. The van der Waals surface area contributed by atoms with E-state index in [0.29, 0.717) is 24.5 Å². The Bertz CT molecular complexity index is 948. The molecule has 0 amide bonds. The molecular formula is C24H26O5. The van der Waals surface area contributed by atoms with E-state index >= 15 is 0 Å². The predicted molar refractivity (Wildman–Crippen MR) is 109 cm³/mol. The molecule has 3 aliphatic rings. The van der Waals surface area contributed by atoms with Crippen LogP contribution >= 0.6 is 0 Å². The van der Waals surface area contributed by atoms with Crippen LogP contribution in [0, 0.1) is 5.92 Å². The van der Waals surface area contributed by atoms with Gasteiger partial charge in [0.25, 0.3) is 0 Å². The number of ether oxygens (including phenoxy) is 4. The van der Waals surface area contributed by atoms with Crippen LogP contribution in [0.4, 0.5) is 0 Å². The van der Waals surface area contributed by atoms with Crippen LogP contribution in [0.3, 0.4) is 0 Å². The zero-order valence-corrected chi connectivity index (χ0v) is 17.1. The van der Waals surface area contributed by atoms with Crippen molar-refractivity contribution in [2.75, 3.05) is 14.2 Å². The molecule has 0 aromatic heterocycles. The largest absolute Gasteiger partial charge is 0.497 e. The Morgan fingerprint density at radius 3 is 2.76 bits per heavy atom. The van der Waals surface area contributed by atoms with Crippen molar-refractivity contribution in [1.29, 1.82) is 0 Å². The molecule has 0 spiro atoms. The molecule has 1 heterocycles. The van der Waals surface area contributed by atoms with Gasteiger partial charge in [-0.15, -0.1) is 0 Å². The van der Waals surface area contributed by atoms with E-state index < -0.39 is 0 Å². The van der Waals surface area contributed by atoms with Gasteiger partial charge in [-0.2, -0.15) is 0 Å². The summed E-state index contributed by atoms with van der Waals surface area (Å²) in [5.41, 5.74) is 4.18. The number of hydrogen-bond donors (Lipinski definition) is 0. The lowest BCUT2D eigenvalue weighted by Crippen LogP contribution is -2.28. The summed E-state index contributed by atoms with van der Waals surface area (Å²) in [6, 6.07) is 7.73. The van der Waals surface area contributed by atoms with Gasteiger partial charge in [0, 0.05) is 18.4 Å². The molecule has 152 valence electrons. The third kappa shape index (κ3) is 3.82. The van der Waals surface area contributed by atoms with E-state index in [-0.39, 0.29) is 11.9 Å². The molecule has 1 aromatic rings. The predicted octanol–water partition coefficient (Wildman–Crippen LogP) is 4.96. The monoisotopic (exact) mass is 394 g/mol. The highest BCUT2D eigenvalue weighted by atomic mass is 16.5. The molecule has 0 saturated heterocycles. The third-order valence-corrected chi connectivity index (χ3v) is 5.77. The highest BCUT2D eigenvalue weighted by molar-refractivity contribution is 5.95. The van der Waals surface area contributed by atoms with Crippen LogP contribution < -0.4 is 4.74 Å². The summed E-state index contributed by atoms with van der Waals surface area (Å²) in [5, 5.41) is 0. The van der Waals surface area contributed by atoms with Crippen molar-refractivity contribution in [2.24, 2.45) is 5.92 Å². The standard InChI is InChI=1S/C24H26O5/c1-4-15-8-9-18-19-12-22(27-3)23(13-21(19)29-24(25)20(18)11-15)28-14-16-6-5-7-17(10-16)26-2/h5-7,10-11,13,19H,4,8-9,12,14H2,1-3H3. The Kier molecular flexibility index (Phi) is 5.47. The Balaban J connectivity index is 1.57. The van der Waals surface area contributed by atoms with Gasteiger partial charge in [-0.25, -0.2) is 4.79 Å². The van der Waals surface area contributed by atoms with E-state index in [4.69, 9.17) is 18.9 Å². The molecule has 1 atom stereocenters. The number of fused-ring (bicyclic) bond motifs is 2. The third-order valence-electron chi connectivity index (χ3n) is 5.77. The van der Waals surface area contributed by atoms with Crippen molar-refractivity contribution in [3.63, 3.8) is 0 Å². The van der Waals surface area contributed by atoms with Crippen molar-refractivity contribution < 1.29 is 23.7 Å². The molecule has 1 unspecified atom stereocenters. The molecule has 1 aliphatic heterocycles. The summed E-state index contributed by atoms with van der Waals surface area (Å²) in [6.07, 6.45) is 7.32. The average Bonchev–Trinajstić information content (AvgIpc) is 2.77. The molecule has 2 aliphatic carbocycles. The van der Waals surface area contributed by atoms with Crippen molar-refractivity contribution >= 4 is 5.97 Å². The normalized spacial score (nSPS) is 20.9. The highest BCUT2D eigenvalue weighted by Crippen LogP contribution is 2.44. The number of allylic oxidation sites excluding steroid dienone is 4. The zero-order valence-electron chi connectivity index (χ0n) is 17.1. The van der Waals surface area contributed by atoms with Crippen LogP contribution in [-0.4, -0.2) is 20.2 Å². The smallest absolute Gasteiger partial charge is 0.343 e. The summed E-state index contributed by atoms with van der Waals surface area (Å²) in [7, 11) is 3.30. The molecule has 5 nitrogen and oxygen atoms in total. The van der Waals surface area contributed by atoms with E-state index in [1.54, 1.807) is 14.2 Å². The first-order valence-electron chi connectivity index (χ1n) is 10.0. The van der Waals surface area contributed by atoms with Gasteiger partial charge in [0.05, 0.1) is 19.8 Å². The molecule has 0 saturated carbocycles. The number of rotatable bonds is 6. The van der Waals surface area contributed by atoms with Gasteiger partial charge < -0.3 is 18.9 Å². The fraction of sp³-hybridized carbons (Fsp3) is 0.375. The lowest BCUT2D eigenvalue weighted by molar-refractivity contribution is -0.136. The SMILES string of the molecule is CCC1=CC2=C(CC1)C1CC(OC)=C(OCc3cccc(OC)c3)C=C1OC2=O. The number of methoxy groups -OCH3 is 2. The first-order chi connectivity index (χ1) is 14.1. The minimum absolute atomic E-state index is 0.0384. The molecule has 5 heteroatoms. The summed E-state index contributed by atoms with van der Waals surface area (Å²) in [6.45, 7) is 2.49. The Labute approximate surface area is 171 Å². The van der Waals surface area contributed by atoms with Crippen molar-refractivity contribution in [3.8, 4) is 5.75 Å². The summed E-state index contributed by atoms with van der Waals surface area (Å²) < 4.78 is 22.6. The van der Waals surface area contributed by atoms with E-state index in [1.807, 2.05) is 36.4 Å². The molecule has 0 fully saturated rings. The van der Waals surface area contributed by atoms with Gasteiger partial charge in [-0.05, 0) is 48.6 Å². The lowest BCUT2D eigenvalue weighted by atomic mass is 9.78. The van der Waals surface area contributed by atoms with E-state index in [9.17, 15) is 4.79 Å². The fourth-order valence-electron chi connectivity index (χ4n) is 4.11. The molecule has 4 rings (SSSR count). The molecule has 29 heavy (non-hydrogen) atoms. The Morgan fingerprint density at radius 2 is 2.00 bits per heavy atom. The second-order valence-corrected chi connectivity index (χ2v) is 7.42. The minimum Gasteiger partial charge on any atom is -0.497 e. The van der Waals surface area contributed by atoms with Crippen LogP contribution in [0.1, 0.15) is 38.2 Å². The summed E-state index contributed by atoms with van der Waals surface area (Å²) >= 11 is 0. The van der Waals surface area contributed by atoms with E-state index in [0.717, 1.165) is 47.5 Å². The van der Waals surface area contributed by atoms with Gasteiger partial charge in [-0.1, -0.05) is 24.6 Å². The van der Waals surface area contributed by atoms with Gasteiger partial charge in [0.2, 0.25) is 0 Å². The van der Waals surface area contributed by atoms with E-state index in [1.165, 1.54) is 5.57 Å². The molecule has 0 bridgehead atoms. The zero-order chi connectivity index (χ0) is 20.4.